The zero-order chi connectivity index (χ0) is 13.6. The van der Waals surface area contributed by atoms with Gasteiger partial charge in [-0.2, -0.15) is 0 Å². The second kappa shape index (κ2) is 6.51. The predicted octanol–water partition coefficient (Wildman–Crippen LogP) is 0.717. The van der Waals surface area contributed by atoms with Crippen LogP contribution in [0.2, 0.25) is 0 Å². The van der Waals surface area contributed by atoms with Crippen LogP contribution in [0, 0.1) is 0 Å². The molecule has 0 spiro atoms. The SMILES string of the molecule is O=S(=O)(Cl)CCNS(=O)(=O)CCc1ccccc1. The molecule has 0 unspecified atom stereocenters. The van der Waals surface area contributed by atoms with Gasteiger partial charge in [-0.25, -0.2) is 21.6 Å². The molecule has 5 nitrogen and oxygen atoms in total. The third-order valence-corrected chi connectivity index (χ3v) is 4.71. The van der Waals surface area contributed by atoms with Crippen LogP contribution in [0.3, 0.4) is 0 Å². The number of hydrogen-bond donors (Lipinski definition) is 1. The molecule has 0 radical (unpaired) electrons. The minimum atomic E-state index is -3.67. The Kier molecular flexibility index (Phi) is 5.58. The number of rotatable bonds is 7. The number of benzene rings is 1. The second-order valence-corrected chi connectivity index (χ2v) is 8.51. The Labute approximate surface area is 112 Å². The van der Waals surface area contributed by atoms with Gasteiger partial charge in [-0.1, -0.05) is 30.3 Å². The van der Waals surface area contributed by atoms with Gasteiger partial charge >= 0.3 is 0 Å². The lowest BCUT2D eigenvalue weighted by molar-refractivity contribution is 0.582. The zero-order valence-corrected chi connectivity index (χ0v) is 11.9. The van der Waals surface area contributed by atoms with Crippen LogP contribution in [0.4, 0.5) is 0 Å². The van der Waals surface area contributed by atoms with Crippen LogP contribution >= 0.6 is 10.7 Å². The van der Waals surface area contributed by atoms with E-state index in [1.807, 2.05) is 30.3 Å². The second-order valence-electron chi connectivity index (χ2n) is 3.69. The van der Waals surface area contributed by atoms with Gasteiger partial charge in [-0.05, 0) is 12.0 Å². The van der Waals surface area contributed by atoms with Crippen molar-refractivity contribution in [2.45, 2.75) is 6.42 Å². The van der Waals surface area contributed by atoms with Crippen molar-refractivity contribution in [3.8, 4) is 0 Å². The van der Waals surface area contributed by atoms with Crippen LogP contribution in [0.15, 0.2) is 30.3 Å². The van der Waals surface area contributed by atoms with Crippen LogP contribution in [0.5, 0.6) is 0 Å². The van der Waals surface area contributed by atoms with Gasteiger partial charge in [0.2, 0.25) is 19.1 Å². The van der Waals surface area contributed by atoms with Gasteiger partial charge in [0.05, 0.1) is 11.5 Å². The predicted molar refractivity (Wildman–Crippen MR) is 71.6 cm³/mol. The maximum absolute atomic E-state index is 11.5. The number of nitrogens with one attached hydrogen (secondary N) is 1. The fourth-order valence-corrected chi connectivity index (χ4v) is 3.06. The molecular weight excluding hydrogens is 298 g/mol. The van der Waals surface area contributed by atoms with E-state index < -0.39 is 24.8 Å². The standard InChI is InChI=1S/C10H14ClNO4S2/c11-17(13,14)9-7-12-18(15,16)8-6-10-4-2-1-3-5-10/h1-5,12H,6-9H2. The summed E-state index contributed by atoms with van der Waals surface area (Å²) in [6.45, 7) is -0.205. The van der Waals surface area contributed by atoms with Gasteiger partial charge in [0.1, 0.15) is 0 Å². The number of aryl methyl sites for hydroxylation is 1. The number of hydrogen-bond acceptors (Lipinski definition) is 4. The van der Waals surface area contributed by atoms with Crippen molar-refractivity contribution in [1.29, 1.82) is 0 Å². The summed E-state index contributed by atoms with van der Waals surface area (Å²) >= 11 is 0. The van der Waals surface area contributed by atoms with Crippen molar-refractivity contribution in [1.82, 2.24) is 4.72 Å². The molecule has 0 saturated carbocycles. The highest BCUT2D eigenvalue weighted by atomic mass is 35.7. The van der Waals surface area contributed by atoms with Crippen molar-refractivity contribution in [2.75, 3.05) is 18.1 Å². The van der Waals surface area contributed by atoms with Gasteiger partial charge in [0.25, 0.3) is 0 Å². The molecule has 8 heteroatoms. The number of sulfonamides is 1. The van der Waals surface area contributed by atoms with Gasteiger partial charge in [0, 0.05) is 17.2 Å². The van der Waals surface area contributed by atoms with Crippen molar-refractivity contribution < 1.29 is 16.8 Å². The molecule has 0 aliphatic rings. The summed E-state index contributed by atoms with van der Waals surface area (Å²) in [7, 11) is -2.17. The molecule has 0 fully saturated rings. The lowest BCUT2D eigenvalue weighted by Crippen LogP contribution is -2.30. The Bertz CT molecular complexity index is 569. The monoisotopic (exact) mass is 311 g/mol. The molecule has 102 valence electrons. The lowest BCUT2D eigenvalue weighted by Gasteiger charge is -2.05. The van der Waals surface area contributed by atoms with E-state index in [2.05, 4.69) is 4.72 Å². The fourth-order valence-electron chi connectivity index (χ4n) is 1.29. The molecule has 0 atom stereocenters. The highest BCUT2D eigenvalue weighted by Crippen LogP contribution is 2.01. The molecule has 0 amide bonds. The van der Waals surface area contributed by atoms with Crippen LogP contribution < -0.4 is 4.72 Å². The molecule has 1 N–H and O–H groups in total. The molecule has 0 aromatic heterocycles. The summed E-state index contributed by atoms with van der Waals surface area (Å²) in [6, 6.07) is 9.17. The first-order chi connectivity index (χ1) is 8.29. The maximum atomic E-state index is 11.5. The third-order valence-electron chi connectivity index (χ3n) is 2.17. The Morgan fingerprint density at radius 3 is 2.17 bits per heavy atom. The molecule has 0 aliphatic heterocycles. The zero-order valence-electron chi connectivity index (χ0n) is 9.54. The minimum absolute atomic E-state index is 0.0840. The van der Waals surface area contributed by atoms with E-state index in [1.54, 1.807) is 0 Å². The summed E-state index contributed by atoms with van der Waals surface area (Å²) in [4.78, 5) is 0. The van der Waals surface area contributed by atoms with Crippen LogP contribution in [-0.2, 0) is 25.5 Å². The van der Waals surface area contributed by atoms with E-state index in [1.165, 1.54) is 0 Å². The number of halogens is 1. The maximum Gasteiger partial charge on any atom is 0.233 e. The Balaban J connectivity index is 2.41. The van der Waals surface area contributed by atoms with Gasteiger partial charge < -0.3 is 0 Å². The molecule has 1 aromatic rings. The Morgan fingerprint density at radius 1 is 1.00 bits per heavy atom. The van der Waals surface area contributed by atoms with E-state index in [-0.39, 0.29) is 12.3 Å². The van der Waals surface area contributed by atoms with E-state index >= 15 is 0 Å². The van der Waals surface area contributed by atoms with Gasteiger partial charge in [-0.15, -0.1) is 0 Å². The average Bonchev–Trinajstić information content (AvgIpc) is 2.26. The molecule has 0 heterocycles. The summed E-state index contributed by atoms with van der Waals surface area (Å²) < 4.78 is 46.5. The highest BCUT2D eigenvalue weighted by molar-refractivity contribution is 8.13. The summed E-state index contributed by atoms with van der Waals surface area (Å²) in [6.07, 6.45) is 0.379. The first-order valence-corrected chi connectivity index (χ1v) is 9.35. The topological polar surface area (TPSA) is 80.3 Å². The summed E-state index contributed by atoms with van der Waals surface area (Å²) in [5, 5.41) is 0. The summed E-state index contributed by atoms with van der Waals surface area (Å²) in [5.74, 6) is -0.502. The van der Waals surface area contributed by atoms with Crippen LogP contribution in [-0.4, -0.2) is 34.9 Å². The minimum Gasteiger partial charge on any atom is -0.214 e. The van der Waals surface area contributed by atoms with Gasteiger partial charge in [-0.3, -0.25) is 0 Å². The van der Waals surface area contributed by atoms with E-state index in [9.17, 15) is 16.8 Å². The molecule has 1 aromatic carbocycles. The van der Waals surface area contributed by atoms with Gasteiger partial charge in [0.15, 0.2) is 0 Å². The Hall–Kier alpha value is -0.630. The van der Waals surface area contributed by atoms with E-state index in [4.69, 9.17) is 10.7 Å². The van der Waals surface area contributed by atoms with Crippen molar-refractivity contribution >= 4 is 29.8 Å². The molecule has 0 aliphatic carbocycles. The fraction of sp³-hybridized carbons (Fsp3) is 0.400. The Morgan fingerprint density at radius 2 is 1.61 bits per heavy atom. The average molecular weight is 312 g/mol. The molecule has 0 bridgehead atoms. The quantitative estimate of drug-likeness (QED) is 0.752. The first-order valence-electron chi connectivity index (χ1n) is 5.22. The first kappa shape index (κ1) is 15.4. The van der Waals surface area contributed by atoms with Crippen molar-refractivity contribution in [3.63, 3.8) is 0 Å². The van der Waals surface area contributed by atoms with Crippen LogP contribution in [0.25, 0.3) is 0 Å². The normalized spacial score (nSPS) is 12.5. The molecule has 1 rings (SSSR count). The molecule has 0 saturated heterocycles. The smallest absolute Gasteiger partial charge is 0.214 e. The van der Waals surface area contributed by atoms with E-state index in [0.717, 1.165) is 5.56 Å². The molecular formula is C10H14ClNO4S2. The lowest BCUT2D eigenvalue weighted by atomic mass is 10.2. The van der Waals surface area contributed by atoms with E-state index in [0.29, 0.717) is 6.42 Å². The molecule has 18 heavy (non-hydrogen) atoms. The van der Waals surface area contributed by atoms with Crippen molar-refractivity contribution in [3.05, 3.63) is 35.9 Å². The largest absolute Gasteiger partial charge is 0.233 e. The van der Waals surface area contributed by atoms with Crippen molar-refractivity contribution in [2.24, 2.45) is 0 Å². The third kappa shape index (κ3) is 6.95. The summed E-state index contributed by atoms with van der Waals surface area (Å²) in [5.41, 5.74) is 0.910. The van der Waals surface area contributed by atoms with Crippen LogP contribution in [0.1, 0.15) is 5.56 Å². The highest BCUT2D eigenvalue weighted by Gasteiger charge is 2.12.